The van der Waals surface area contributed by atoms with Gasteiger partial charge in [-0.2, -0.15) is 0 Å². The van der Waals surface area contributed by atoms with Crippen molar-refractivity contribution in [3.05, 3.63) is 71.8 Å². The summed E-state index contributed by atoms with van der Waals surface area (Å²) >= 11 is 0. The van der Waals surface area contributed by atoms with Gasteiger partial charge in [-0.05, 0) is 17.5 Å². The number of benzene rings is 2. The molecule has 0 aromatic heterocycles. The highest BCUT2D eigenvalue weighted by Crippen LogP contribution is 2.51. The van der Waals surface area contributed by atoms with E-state index in [2.05, 4.69) is 29.2 Å². The van der Waals surface area contributed by atoms with Crippen LogP contribution in [-0.2, 0) is 17.8 Å². The normalized spacial score (nSPS) is 31.0. The minimum Gasteiger partial charge on any atom is -0.396 e. The van der Waals surface area contributed by atoms with Gasteiger partial charge in [0.2, 0.25) is 0 Å². The molecule has 0 spiro atoms. The average molecular weight is 365 g/mol. The maximum absolute atomic E-state index is 12.6. The molecule has 2 bridgehead atoms. The summed E-state index contributed by atoms with van der Waals surface area (Å²) < 4.78 is 0. The lowest BCUT2D eigenvalue weighted by atomic mass is 9.55. The van der Waals surface area contributed by atoms with Crippen LogP contribution in [0, 0.1) is 10.8 Å². The molecule has 4 nitrogen and oxygen atoms in total. The summed E-state index contributed by atoms with van der Waals surface area (Å²) in [6.45, 7) is 1.80. The maximum Gasteiger partial charge on any atom is 0.134 e. The van der Waals surface area contributed by atoms with Crippen LogP contribution in [0.4, 0.5) is 0 Å². The molecule has 1 aliphatic heterocycles. The first-order valence-electron chi connectivity index (χ1n) is 9.66. The fraction of sp³-hybridized carbons (Fsp3) is 0.435. The number of rotatable bonds is 5. The lowest BCUT2D eigenvalue weighted by Crippen LogP contribution is -2.67. The molecular weight excluding hydrogens is 338 g/mol. The van der Waals surface area contributed by atoms with E-state index < -0.39 is 16.9 Å². The van der Waals surface area contributed by atoms with Gasteiger partial charge in [0, 0.05) is 43.3 Å². The first-order valence-corrected chi connectivity index (χ1v) is 9.66. The third-order valence-corrected chi connectivity index (χ3v) is 6.30. The second kappa shape index (κ2) is 7.19. The lowest BCUT2D eigenvalue weighted by Gasteiger charge is -2.58. The summed E-state index contributed by atoms with van der Waals surface area (Å²) in [5.74, 6) is 0.157. The fourth-order valence-corrected chi connectivity index (χ4v) is 5.29. The number of likely N-dealkylation sites (tertiary alicyclic amines) is 1. The zero-order valence-corrected chi connectivity index (χ0v) is 15.6. The first kappa shape index (κ1) is 18.4. The van der Waals surface area contributed by atoms with E-state index in [9.17, 15) is 15.0 Å². The Balaban J connectivity index is 1.68. The van der Waals surface area contributed by atoms with E-state index in [0.29, 0.717) is 25.9 Å². The number of aliphatic hydroxyl groups is 2. The van der Waals surface area contributed by atoms with Gasteiger partial charge < -0.3 is 10.2 Å². The van der Waals surface area contributed by atoms with Crippen LogP contribution < -0.4 is 0 Å². The Morgan fingerprint density at radius 1 is 0.889 bits per heavy atom. The highest BCUT2D eigenvalue weighted by Gasteiger charge is 2.59. The Kier molecular flexibility index (Phi) is 4.89. The van der Waals surface area contributed by atoms with Gasteiger partial charge in [0.25, 0.3) is 0 Å². The standard InChI is InChI=1S/C23H27NO3/c25-17-23-13-20(26)12-22(21(23)27,11-18-7-3-1-4-8-18)15-24(16-23)14-19-9-5-2-6-10-19/h1-10,21,25,27H,11-17H2/t21?,22-,23+/m1/s1. The molecule has 2 aliphatic rings. The monoisotopic (exact) mass is 365 g/mol. The van der Waals surface area contributed by atoms with Crippen LogP contribution in [0.3, 0.4) is 0 Å². The number of carbonyl (C=O) groups excluding carboxylic acids is 1. The number of nitrogens with zero attached hydrogens (tertiary/aromatic N) is 1. The summed E-state index contributed by atoms with van der Waals surface area (Å²) in [6, 6.07) is 20.3. The van der Waals surface area contributed by atoms with Crippen molar-refractivity contribution in [1.29, 1.82) is 0 Å². The molecule has 2 aromatic rings. The Labute approximate surface area is 160 Å². The van der Waals surface area contributed by atoms with Crippen LogP contribution in [-0.4, -0.2) is 46.7 Å². The molecule has 0 amide bonds. The van der Waals surface area contributed by atoms with Gasteiger partial charge in [0.05, 0.1) is 12.7 Å². The summed E-state index contributed by atoms with van der Waals surface area (Å²) in [7, 11) is 0. The van der Waals surface area contributed by atoms with Crippen molar-refractivity contribution in [1.82, 2.24) is 4.90 Å². The average Bonchev–Trinajstić information content (AvgIpc) is 2.66. The minimum absolute atomic E-state index is 0.157. The first-order chi connectivity index (χ1) is 13.1. The number of ketones is 1. The van der Waals surface area contributed by atoms with Crippen molar-refractivity contribution in [2.75, 3.05) is 19.7 Å². The van der Waals surface area contributed by atoms with Gasteiger partial charge in [-0.3, -0.25) is 9.69 Å². The van der Waals surface area contributed by atoms with Gasteiger partial charge in [-0.15, -0.1) is 0 Å². The van der Waals surface area contributed by atoms with E-state index in [1.807, 2.05) is 36.4 Å². The zero-order chi connectivity index (χ0) is 18.9. The molecule has 1 heterocycles. The third kappa shape index (κ3) is 3.45. The Morgan fingerprint density at radius 2 is 1.44 bits per heavy atom. The predicted molar refractivity (Wildman–Crippen MR) is 104 cm³/mol. The van der Waals surface area contributed by atoms with Crippen LogP contribution >= 0.6 is 0 Å². The highest BCUT2D eigenvalue weighted by atomic mass is 16.3. The van der Waals surface area contributed by atoms with Crippen LogP contribution in [0.1, 0.15) is 24.0 Å². The van der Waals surface area contributed by atoms with Crippen molar-refractivity contribution < 1.29 is 15.0 Å². The molecule has 2 N–H and O–H groups in total. The number of aliphatic hydroxyl groups excluding tert-OH is 2. The quantitative estimate of drug-likeness (QED) is 0.854. The molecule has 1 aliphatic carbocycles. The molecule has 3 atom stereocenters. The number of piperidine rings is 1. The van der Waals surface area contributed by atoms with Gasteiger partial charge in [-0.25, -0.2) is 0 Å². The van der Waals surface area contributed by atoms with E-state index in [1.54, 1.807) is 0 Å². The summed E-state index contributed by atoms with van der Waals surface area (Å²) in [5, 5.41) is 21.5. The second-order valence-corrected chi connectivity index (χ2v) is 8.47. The number of fused-ring (bicyclic) bond motifs is 2. The summed E-state index contributed by atoms with van der Waals surface area (Å²) in [4.78, 5) is 14.9. The van der Waals surface area contributed by atoms with E-state index in [0.717, 1.165) is 12.1 Å². The molecular formula is C23H27NO3. The van der Waals surface area contributed by atoms with Crippen molar-refractivity contribution >= 4 is 5.78 Å². The molecule has 142 valence electrons. The molecule has 1 saturated heterocycles. The van der Waals surface area contributed by atoms with Gasteiger partial charge in [-0.1, -0.05) is 60.7 Å². The van der Waals surface area contributed by atoms with E-state index >= 15 is 0 Å². The van der Waals surface area contributed by atoms with Crippen molar-refractivity contribution in [2.24, 2.45) is 10.8 Å². The van der Waals surface area contributed by atoms with Crippen LogP contribution in [0.25, 0.3) is 0 Å². The van der Waals surface area contributed by atoms with Crippen LogP contribution in [0.2, 0.25) is 0 Å². The van der Waals surface area contributed by atoms with E-state index in [1.165, 1.54) is 5.56 Å². The fourth-order valence-electron chi connectivity index (χ4n) is 5.29. The lowest BCUT2D eigenvalue weighted by molar-refractivity contribution is -0.187. The van der Waals surface area contributed by atoms with Gasteiger partial charge >= 0.3 is 0 Å². The van der Waals surface area contributed by atoms with Crippen molar-refractivity contribution in [2.45, 2.75) is 31.9 Å². The third-order valence-electron chi connectivity index (χ3n) is 6.30. The minimum atomic E-state index is -0.767. The smallest absolute Gasteiger partial charge is 0.134 e. The molecule has 4 rings (SSSR count). The summed E-state index contributed by atoms with van der Waals surface area (Å²) in [6.07, 6.45) is 0.594. The summed E-state index contributed by atoms with van der Waals surface area (Å²) in [5.41, 5.74) is 1.02. The Hall–Kier alpha value is -2.01. The molecule has 0 radical (unpaired) electrons. The number of carbonyl (C=O) groups is 1. The second-order valence-electron chi connectivity index (χ2n) is 8.47. The van der Waals surface area contributed by atoms with Crippen LogP contribution in [0.15, 0.2) is 60.7 Å². The van der Waals surface area contributed by atoms with E-state index in [4.69, 9.17) is 0 Å². The highest BCUT2D eigenvalue weighted by molar-refractivity contribution is 5.81. The predicted octanol–water partition coefficient (Wildman–Crippen LogP) is 2.43. The molecule has 2 fully saturated rings. The van der Waals surface area contributed by atoms with Crippen LogP contribution in [0.5, 0.6) is 0 Å². The maximum atomic E-state index is 12.6. The van der Waals surface area contributed by atoms with Gasteiger partial charge in [0.15, 0.2) is 0 Å². The topological polar surface area (TPSA) is 60.8 Å². The van der Waals surface area contributed by atoms with E-state index in [-0.39, 0.29) is 18.8 Å². The van der Waals surface area contributed by atoms with Crippen molar-refractivity contribution in [3.8, 4) is 0 Å². The zero-order valence-electron chi connectivity index (χ0n) is 15.6. The molecule has 1 unspecified atom stereocenters. The van der Waals surface area contributed by atoms with Crippen molar-refractivity contribution in [3.63, 3.8) is 0 Å². The molecule has 2 aromatic carbocycles. The number of Topliss-reactive ketones (excluding diaryl/α,β-unsaturated/α-hetero) is 1. The number of hydrogen-bond donors (Lipinski definition) is 2. The van der Waals surface area contributed by atoms with Gasteiger partial charge in [0.1, 0.15) is 5.78 Å². The number of hydrogen-bond acceptors (Lipinski definition) is 4. The SMILES string of the molecule is O=C1C[C@@]2(CO)CN(Cc3ccccc3)C[C@@](Cc3ccccc3)(C1)C2O. The largest absolute Gasteiger partial charge is 0.396 e. The molecule has 4 heteroatoms. The molecule has 27 heavy (non-hydrogen) atoms. The molecule has 1 saturated carbocycles. The Morgan fingerprint density at radius 3 is 2.07 bits per heavy atom. The Bertz CT molecular complexity index is 794.